The maximum absolute atomic E-state index is 12.6. The van der Waals surface area contributed by atoms with Gasteiger partial charge >= 0.3 is 23.9 Å². The Hall–Kier alpha value is -2.12. The summed E-state index contributed by atoms with van der Waals surface area (Å²) in [6.45, 7) is 0. The Labute approximate surface area is 144 Å². The summed E-state index contributed by atoms with van der Waals surface area (Å²) in [6.07, 6.45) is 0.561. The maximum Gasteiger partial charge on any atom is 0.311 e. The van der Waals surface area contributed by atoms with Gasteiger partial charge in [-0.25, -0.2) is 0 Å². The van der Waals surface area contributed by atoms with Gasteiger partial charge in [-0.2, -0.15) is 0 Å². The summed E-state index contributed by atoms with van der Waals surface area (Å²) in [5.41, 5.74) is -4.97. The van der Waals surface area contributed by atoms with E-state index >= 15 is 0 Å². The topological polar surface area (TPSA) is 116 Å². The monoisotopic (exact) mass is 354 g/mol. The van der Waals surface area contributed by atoms with Crippen molar-refractivity contribution in [3.8, 4) is 0 Å². The van der Waals surface area contributed by atoms with Crippen molar-refractivity contribution in [3.63, 3.8) is 0 Å². The molecule has 1 N–H and O–H groups in total. The van der Waals surface area contributed by atoms with E-state index in [1.807, 2.05) is 0 Å². The molecule has 4 aliphatic carbocycles. The summed E-state index contributed by atoms with van der Waals surface area (Å²) in [6, 6.07) is 0. The molecule has 0 spiro atoms. The van der Waals surface area contributed by atoms with Crippen molar-refractivity contribution in [2.45, 2.75) is 38.5 Å². The Kier molecular flexibility index (Phi) is 3.67. The van der Waals surface area contributed by atoms with Gasteiger partial charge in [0.05, 0.1) is 43.0 Å². The van der Waals surface area contributed by atoms with Crippen molar-refractivity contribution >= 4 is 23.9 Å². The lowest BCUT2D eigenvalue weighted by Gasteiger charge is -2.65. The van der Waals surface area contributed by atoms with Gasteiger partial charge in [-0.3, -0.25) is 19.2 Å². The molecule has 8 heteroatoms. The lowest BCUT2D eigenvalue weighted by atomic mass is 9.35. The highest BCUT2D eigenvalue weighted by atomic mass is 16.5. The molecule has 138 valence electrons. The third kappa shape index (κ3) is 2.12. The molecule has 8 nitrogen and oxygen atoms in total. The Bertz CT molecular complexity index is 579. The van der Waals surface area contributed by atoms with Crippen LogP contribution in [-0.2, 0) is 33.4 Å². The standard InChI is InChI=1S/C17H22O8/c1-23-11(20)15-4-14(10(18)19)5-16(7-15,12(21)24-2)9-17(6-14,8-15)13(22)25-3/h4-9H2,1-3H3,(H,18,19). The van der Waals surface area contributed by atoms with Crippen molar-refractivity contribution in [2.75, 3.05) is 21.3 Å². The van der Waals surface area contributed by atoms with Crippen LogP contribution < -0.4 is 0 Å². The Morgan fingerprint density at radius 1 is 0.600 bits per heavy atom. The molecule has 0 atom stereocenters. The van der Waals surface area contributed by atoms with E-state index in [9.17, 15) is 24.3 Å². The minimum absolute atomic E-state index is 0.0551. The third-order valence-corrected chi connectivity index (χ3v) is 6.37. The number of ether oxygens (including phenoxy) is 3. The highest BCUT2D eigenvalue weighted by Gasteiger charge is 2.77. The number of carboxylic acids is 1. The van der Waals surface area contributed by atoms with Gasteiger partial charge in [0.15, 0.2) is 0 Å². The molecule has 0 aromatic carbocycles. The van der Waals surface area contributed by atoms with Crippen LogP contribution in [0.2, 0.25) is 0 Å². The van der Waals surface area contributed by atoms with Gasteiger partial charge in [-0.15, -0.1) is 0 Å². The van der Waals surface area contributed by atoms with Gasteiger partial charge in [0.2, 0.25) is 0 Å². The molecule has 0 amide bonds. The normalized spacial score (nSPS) is 41.1. The number of esters is 3. The fourth-order valence-corrected chi connectivity index (χ4v) is 6.16. The van der Waals surface area contributed by atoms with Crippen LogP contribution in [0.4, 0.5) is 0 Å². The molecule has 0 aromatic heterocycles. The minimum Gasteiger partial charge on any atom is -0.481 e. The summed E-state index contributed by atoms with van der Waals surface area (Å²) in [4.78, 5) is 50.0. The molecular formula is C17H22O8. The first-order valence-electron chi connectivity index (χ1n) is 8.12. The predicted molar refractivity (Wildman–Crippen MR) is 81.1 cm³/mol. The number of carbonyl (C=O) groups is 4. The fourth-order valence-electron chi connectivity index (χ4n) is 6.16. The summed E-state index contributed by atoms with van der Waals surface area (Å²) in [7, 11) is 3.68. The van der Waals surface area contributed by atoms with Gasteiger partial charge in [-0.05, 0) is 38.5 Å². The summed E-state index contributed by atoms with van der Waals surface area (Å²) < 4.78 is 14.8. The van der Waals surface area contributed by atoms with E-state index < -0.39 is 45.5 Å². The Balaban J connectivity index is 2.24. The number of rotatable bonds is 4. The van der Waals surface area contributed by atoms with Crippen LogP contribution in [0.25, 0.3) is 0 Å². The summed E-state index contributed by atoms with van der Waals surface area (Å²) in [5.74, 6) is -2.86. The zero-order chi connectivity index (χ0) is 18.7. The van der Waals surface area contributed by atoms with Gasteiger partial charge in [0, 0.05) is 0 Å². The largest absolute Gasteiger partial charge is 0.481 e. The van der Waals surface area contributed by atoms with E-state index in [-0.39, 0.29) is 38.5 Å². The molecule has 0 saturated heterocycles. The highest BCUT2D eigenvalue weighted by Crippen LogP contribution is 2.74. The number of hydrogen-bond donors (Lipinski definition) is 1. The molecule has 0 aliphatic heterocycles. The van der Waals surface area contributed by atoms with E-state index in [2.05, 4.69) is 0 Å². The first kappa shape index (κ1) is 17.7. The molecule has 0 heterocycles. The molecule has 0 unspecified atom stereocenters. The second-order valence-corrected chi connectivity index (χ2v) is 7.96. The second kappa shape index (κ2) is 5.19. The number of carboxylic acid groups (broad SMARTS) is 1. The Morgan fingerprint density at radius 2 is 0.840 bits per heavy atom. The second-order valence-electron chi connectivity index (χ2n) is 7.96. The average Bonchev–Trinajstić information content (AvgIpc) is 2.58. The third-order valence-electron chi connectivity index (χ3n) is 6.37. The molecule has 0 aromatic rings. The van der Waals surface area contributed by atoms with Crippen molar-refractivity contribution in [3.05, 3.63) is 0 Å². The molecular weight excluding hydrogens is 332 g/mol. The summed E-state index contributed by atoms with van der Waals surface area (Å²) >= 11 is 0. The van der Waals surface area contributed by atoms with Crippen molar-refractivity contribution in [1.82, 2.24) is 0 Å². The van der Waals surface area contributed by atoms with Crippen LogP contribution in [0.3, 0.4) is 0 Å². The maximum atomic E-state index is 12.6. The molecule has 4 fully saturated rings. The molecule has 4 aliphatic rings. The van der Waals surface area contributed by atoms with Crippen LogP contribution in [0.5, 0.6) is 0 Å². The smallest absolute Gasteiger partial charge is 0.311 e. The van der Waals surface area contributed by atoms with E-state index in [1.54, 1.807) is 0 Å². The molecule has 4 saturated carbocycles. The number of hydrogen-bond acceptors (Lipinski definition) is 7. The average molecular weight is 354 g/mol. The fraction of sp³-hybridized carbons (Fsp3) is 0.765. The molecule has 4 bridgehead atoms. The zero-order valence-corrected chi connectivity index (χ0v) is 14.5. The summed E-state index contributed by atoms with van der Waals surface area (Å²) in [5, 5.41) is 9.93. The van der Waals surface area contributed by atoms with E-state index in [0.29, 0.717) is 0 Å². The number of methoxy groups -OCH3 is 3. The predicted octanol–water partition coefficient (Wildman–Crippen LogP) is 0.917. The van der Waals surface area contributed by atoms with Crippen LogP contribution in [0.15, 0.2) is 0 Å². The molecule has 4 rings (SSSR count). The van der Waals surface area contributed by atoms with Crippen molar-refractivity contribution < 1.29 is 38.5 Å². The van der Waals surface area contributed by atoms with Gasteiger partial charge in [0.1, 0.15) is 0 Å². The lowest BCUT2D eigenvalue weighted by molar-refractivity contribution is -0.232. The highest BCUT2D eigenvalue weighted by molar-refractivity contribution is 5.91. The van der Waals surface area contributed by atoms with Gasteiger partial charge in [-0.1, -0.05) is 0 Å². The molecule has 25 heavy (non-hydrogen) atoms. The Morgan fingerprint density at radius 3 is 1.04 bits per heavy atom. The van der Waals surface area contributed by atoms with Crippen molar-refractivity contribution in [1.29, 1.82) is 0 Å². The first-order chi connectivity index (χ1) is 11.6. The minimum atomic E-state index is -1.36. The quantitative estimate of drug-likeness (QED) is 0.585. The zero-order valence-electron chi connectivity index (χ0n) is 14.5. The van der Waals surface area contributed by atoms with E-state index in [4.69, 9.17) is 14.2 Å². The molecule has 0 radical (unpaired) electrons. The SMILES string of the molecule is COC(=O)C12CC3(C(=O)O)CC(C(=O)OC)(C1)CC(C(=O)OC)(C3)C2. The number of aliphatic carboxylic acids is 1. The number of carbonyl (C=O) groups excluding carboxylic acids is 3. The van der Waals surface area contributed by atoms with E-state index in [1.165, 1.54) is 21.3 Å². The van der Waals surface area contributed by atoms with E-state index in [0.717, 1.165) is 0 Å². The van der Waals surface area contributed by atoms with Gasteiger partial charge in [0.25, 0.3) is 0 Å². The van der Waals surface area contributed by atoms with Crippen LogP contribution in [-0.4, -0.2) is 50.3 Å². The van der Waals surface area contributed by atoms with Crippen molar-refractivity contribution in [2.24, 2.45) is 21.7 Å². The van der Waals surface area contributed by atoms with Gasteiger partial charge < -0.3 is 19.3 Å². The van der Waals surface area contributed by atoms with Crippen LogP contribution in [0, 0.1) is 21.7 Å². The lowest BCUT2D eigenvalue weighted by Crippen LogP contribution is -2.68. The van der Waals surface area contributed by atoms with Crippen LogP contribution >= 0.6 is 0 Å². The van der Waals surface area contributed by atoms with Crippen LogP contribution in [0.1, 0.15) is 38.5 Å². The first-order valence-corrected chi connectivity index (χ1v) is 8.12.